The maximum Gasteiger partial charge on any atom is 0.233 e. The highest BCUT2D eigenvalue weighted by Gasteiger charge is 2.60. The number of benzene rings is 1. The van der Waals surface area contributed by atoms with Crippen molar-refractivity contribution in [3.05, 3.63) is 27.7 Å². The molecular formula is C18H18BrClN2O3. The first kappa shape index (κ1) is 17.0. The second kappa shape index (κ2) is 6.40. The number of anilines is 1. The highest BCUT2D eigenvalue weighted by atomic mass is 79.9. The number of likely N-dealkylation sites (tertiary alicyclic amines) is 1. The van der Waals surface area contributed by atoms with Gasteiger partial charge in [0.25, 0.3) is 0 Å². The van der Waals surface area contributed by atoms with Crippen molar-refractivity contribution < 1.29 is 14.4 Å². The summed E-state index contributed by atoms with van der Waals surface area (Å²) in [5, 5.41) is 3.26. The first-order valence-corrected chi connectivity index (χ1v) is 9.73. The summed E-state index contributed by atoms with van der Waals surface area (Å²) < 4.78 is 0.751. The van der Waals surface area contributed by atoms with Crippen LogP contribution in [-0.2, 0) is 14.4 Å². The predicted octanol–water partition coefficient (Wildman–Crippen LogP) is 3.46. The summed E-state index contributed by atoms with van der Waals surface area (Å²) >= 11 is 9.30. The van der Waals surface area contributed by atoms with Crippen LogP contribution in [0.4, 0.5) is 5.69 Å². The van der Waals surface area contributed by atoms with Crippen LogP contribution in [0.3, 0.4) is 0 Å². The van der Waals surface area contributed by atoms with E-state index in [-0.39, 0.29) is 42.5 Å². The lowest BCUT2D eigenvalue weighted by atomic mass is 9.81. The Bertz CT molecular complexity index is 741. The normalized spacial score (nSPS) is 30.1. The smallest absolute Gasteiger partial charge is 0.233 e. The molecule has 132 valence electrons. The Morgan fingerprint density at radius 2 is 1.84 bits per heavy atom. The number of halogens is 2. The van der Waals surface area contributed by atoms with Crippen molar-refractivity contribution in [1.82, 2.24) is 4.90 Å². The Kier molecular flexibility index (Phi) is 4.36. The highest BCUT2D eigenvalue weighted by molar-refractivity contribution is 9.10. The lowest BCUT2D eigenvalue weighted by Gasteiger charge is -2.19. The average Bonchev–Trinajstić information content (AvgIpc) is 3.24. The van der Waals surface area contributed by atoms with Crippen LogP contribution < -0.4 is 5.32 Å². The molecule has 5 nitrogen and oxygen atoms in total. The van der Waals surface area contributed by atoms with Crippen molar-refractivity contribution in [3.63, 3.8) is 0 Å². The number of nitrogens with zero attached hydrogens (tertiary/aromatic N) is 1. The summed E-state index contributed by atoms with van der Waals surface area (Å²) in [5.74, 6) is 0.118. The van der Waals surface area contributed by atoms with Crippen LogP contribution in [0, 0.1) is 23.7 Å². The Labute approximate surface area is 159 Å². The third-order valence-electron chi connectivity index (χ3n) is 5.78. The second-order valence-electron chi connectivity index (χ2n) is 7.14. The van der Waals surface area contributed by atoms with Crippen LogP contribution in [0.5, 0.6) is 0 Å². The molecule has 4 atom stereocenters. The van der Waals surface area contributed by atoms with E-state index in [0.29, 0.717) is 22.5 Å². The molecule has 1 N–H and O–H groups in total. The summed E-state index contributed by atoms with van der Waals surface area (Å²) in [6, 6.07) is 5.14. The van der Waals surface area contributed by atoms with Gasteiger partial charge in [0.2, 0.25) is 17.7 Å². The molecule has 2 saturated carbocycles. The zero-order chi connectivity index (χ0) is 17.7. The summed E-state index contributed by atoms with van der Waals surface area (Å²) in [5.41, 5.74) is 0.590. The van der Waals surface area contributed by atoms with Gasteiger partial charge in [-0.05, 0) is 65.2 Å². The fourth-order valence-electron chi connectivity index (χ4n) is 4.70. The number of carbonyl (C=O) groups is 3. The molecule has 2 bridgehead atoms. The van der Waals surface area contributed by atoms with Crippen molar-refractivity contribution in [2.24, 2.45) is 23.7 Å². The molecule has 7 heteroatoms. The van der Waals surface area contributed by atoms with Crippen LogP contribution in [-0.4, -0.2) is 29.2 Å². The quantitative estimate of drug-likeness (QED) is 0.751. The van der Waals surface area contributed by atoms with Gasteiger partial charge in [-0.25, -0.2) is 0 Å². The number of nitrogens with one attached hydrogen (secondary N) is 1. The SMILES string of the molecule is O=C(CCN1C(=O)C2C3CCC(C3)C2C1=O)Nc1ccc(Br)c(Cl)c1. The Balaban J connectivity index is 1.36. The molecule has 3 aliphatic rings. The number of imide groups is 1. The Hall–Kier alpha value is -1.40. The van der Waals surface area contributed by atoms with Gasteiger partial charge in [-0.2, -0.15) is 0 Å². The fourth-order valence-corrected chi connectivity index (χ4v) is 5.13. The van der Waals surface area contributed by atoms with Gasteiger partial charge < -0.3 is 5.32 Å². The Morgan fingerprint density at radius 1 is 1.20 bits per heavy atom. The lowest BCUT2D eigenvalue weighted by Crippen LogP contribution is -2.35. The number of fused-ring (bicyclic) bond motifs is 5. The minimum atomic E-state index is -0.237. The van der Waals surface area contributed by atoms with Crippen molar-refractivity contribution >= 4 is 50.9 Å². The van der Waals surface area contributed by atoms with E-state index in [1.54, 1.807) is 18.2 Å². The molecule has 0 spiro atoms. The van der Waals surface area contributed by atoms with E-state index in [1.165, 1.54) is 4.90 Å². The topological polar surface area (TPSA) is 66.5 Å². The van der Waals surface area contributed by atoms with E-state index >= 15 is 0 Å². The van der Waals surface area contributed by atoms with Gasteiger partial charge in [-0.1, -0.05) is 11.6 Å². The predicted molar refractivity (Wildman–Crippen MR) is 96.9 cm³/mol. The highest BCUT2D eigenvalue weighted by Crippen LogP contribution is 2.56. The number of rotatable bonds is 4. The zero-order valence-electron chi connectivity index (χ0n) is 13.5. The van der Waals surface area contributed by atoms with Crippen LogP contribution in [0.25, 0.3) is 0 Å². The maximum absolute atomic E-state index is 12.6. The lowest BCUT2D eigenvalue weighted by molar-refractivity contribution is -0.140. The van der Waals surface area contributed by atoms with Gasteiger partial charge in [0, 0.05) is 23.1 Å². The van der Waals surface area contributed by atoms with Crippen molar-refractivity contribution in [3.8, 4) is 0 Å². The molecule has 1 aliphatic heterocycles. The average molecular weight is 426 g/mol. The maximum atomic E-state index is 12.6. The van der Waals surface area contributed by atoms with E-state index in [1.807, 2.05) is 0 Å². The fraction of sp³-hybridized carbons (Fsp3) is 0.500. The summed E-state index contributed by atoms with van der Waals surface area (Å²) in [6.45, 7) is 0.153. The van der Waals surface area contributed by atoms with Gasteiger partial charge in [0.05, 0.1) is 16.9 Å². The van der Waals surface area contributed by atoms with Crippen molar-refractivity contribution in [1.29, 1.82) is 0 Å². The Morgan fingerprint density at radius 3 is 2.44 bits per heavy atom. The molecule has 1 saturated heterocycles. The van der Waals surface area contributed by atoms with Crippen LogP contribution in [0.15, 0.2) is 22.7 Å². The van der Waals surface area contributed by atoms with Crippen LogP contribution >= 0.6 is 27.5 Å². The number of carbonyl (C=O) groups excluding carboxylic acids is 3. The molecule has 25 heavy (non-hydrogen) atoms. The van der Waals surface area contributed by atoms with E-state index < -0.39 is 0 Å². The van der Waals surface area contributed by atoms with E-state index in [4.69, 9.17) is 11.6 Å². The molecular weight excluding hydrogens is 408 g/mol. The minimum absolute atomic E-state index is 0.0679. The molecule has 2 aliphatic carbocycles. The van der Waals surface area contributed by atoms with Gasteiger partial charge >= 0.3 is 0 Å². The number of amides is 3. The van der Waals surface area contributed by atoms with Gasteiger partial charge in [-0.15, -0.1) is 0 Å². The monoisotopic (exact) mass is 424 g/mol. The van der Waals surface area contributed by atoms with Crippen molar-refractivity contribution in [2.75, 3.05) is 11.9 Å². The van der Waals surface area contributed by atoms with E-state index in [9.17, 15) is 14.4 Å². The van der Waals surface area contributed by atoms with Gasteiger partial charge in [0.15, 0.2) is 0 Å². The van der Waals surface area contributed by atoms with Crippen molar-refractivity contribution in [2.45, 2.75) is 25.7 Å². The molecule has 1 aromatic rings. The molecule has 1 heterocycles. The summed E-state index contributed by atoms with van der Waals surface area (Å²) in [6.07, 6.45) is 3.23. The first-order chi connectivity index (χ1) is 12.0. The molecule has 3 fully saturated rings. The van der Waals surface area contributed by atoms with Crippen LogP contribution in [0.1, 0.15) is 25.7 Å². The molecule has 0 radical (unpaired) electrons. The molecule has 1 aromatic carbocycles. The van der Waals surface area contributed by atoms with Gasteiger partial charge in [0.1, 0.15) is 0 Å². The third-order valence-corrected chi connectivity index (χ3v) is 7.02. The van der Waals surface area contributed by atoms with E-state index in [0.717, 1.165) is 23.7 Å². The van der Waals surface area contributed by atoms with Crippen LogP contribution in [0.2, 0.25) is 5.02 Å². The van der Waals surface area contributed by atoms with E-state index in [2.05, 4.69) is 21.2 Å². The summed E-state index contributed by atoms with van der Waals surface area (Å²) in [7, 11) is 0. The molecule has 4 unspecified atom stereocenters. The second-order valence-corrected chi connectivity index (χ2v) is 8.40. The summed E-state index contributed by atoms with van der Waals surface area (Å²) in [4.78, 5) is 38.6. The largest absolute Gasteiger partial charge is 0.326 e. The zero-order valence-corrected chi connectivity index (χ0v) is 15.8. The molecule has 4 rings (SSSR count). The number of hydrogen-bond acceptors (Lipinski definition) is 3. The number of hydrogen-bond donors (Lipinski definition) is 1. The standard InChI is InChI=1S/C18H18BrClN2O3/c19-12-4-3-11(8-13(12)20)21-14(23)5-6-22-17(24)15-9-1-2-10(7-9)16(15)18(22)25/h3-4,8-10,15-16H,1-2,5-7H2,(H,21,23). The molecule has 0 aromatic heterocycles. The molecule has 3 amide bonds. The van der Waals surface area contributed by atoms with Gasteiger partial charge in [-0.3, -0.25) is 19.3 Å². The third kappa shape index (κ3) is 2.89. The minimum Gasteiger partial charge on any atom is -0.326 e. The first-order valence-electron chi connectivity index (χ1n) is 8.56.